The van der Waals surface area contributed by atoms with E-state index in [1.165, 1.54) is 15.6 Å². The van der Waals surface area contributed by atoms with Gasteiger partial charge in [-0.05, 0) is 0 Å². The summed E-state index contributed by atoms with van der Waals surface area (Å²) in [4.78, 5) is 0. The van der Waals surface area contributed by atoms with Gasteiger partial charge in [-0.25, -0.2) is 0 Å². The minimum absolute atomic E-state index is 0.0245. The second-order valence-corrected chi connectivity index (χ2v) is 6.94. The third kappa shape index (κ3) is 2.01. The molecule has 0 fully saturated rings. The molecule has 0 spiro atoms. The molecule has 0 bridgehead atoms. The molecule has 100 valence electrons. The number of halogens is 1. The molecule has 2 aromatic rings. The van der Waals surface area contributed by atoms with Crippen LogP contribution in [-0.4, -0.2) is 14.6 Å². The summed E-state index contributed by atoms with van der Waals surface area (Å²) in [6.07, 6.45) is 2.25. The van der Waals surface area contributed by atoms with Crippen molar-refractivity contribution in [1.82, 2.24) is 0 Å². The molecule has 1 atom stereocenters. The molecule has 1 aliphatic carbocycles. The van der Waals surface area contributed by atoms with Gasteiger partial charge < -0.3 is 0 Å². The van der Waals surface area contributed by atoms with Gasteiger partial charge in [0.2, 0.25) is 0 Å². The quantitative estimate of drug-likeness (QED) is 0.619. The van der Waals surface area contributed by atoms with Crippen molar-refractivity contribution in [1.29, 1.82) is 0 Å². The fourth-order valence-electron chi connectivity index (χ4n) is 2.87. The van der Waals surface area contributed by atoms with E-state index in [4.69, 9.17) is 0 Å². The van der Waals surface area contributed by atoms with E-state index in [9.17, 15) is 0 Å². The first-order valence-corrected chi connectivity index (χ1v) is 8.90. The van der Waals surface area contributed by atoms with Crippen LogP contribution in [0.2, 0.25) is 0 Å². The van der Waals surface area contributed by atoms with Gasteiger partial charge in [-0.2, -0.15) is 0 Å². The Labute approximate surface area is 131 Å². The van der Waals surface area contributed by atoms with Crippen LogP contribution >= 0.6 is 15.9 Å². The molecular weight excluding hydrogens is 381 g/mol. The van der Waals surface area contributed by atoms with Gasteiger partial charge in [-0.15, -0.1) is 0 Å². The Kier molecular flexibility index (Phi) is 3.14. The van der Waals surface area contributed by atoms with Crippen LogP contribution in [0.15, 0.2) is 48.8 Å². The number of nitrogens with zero attached hydrogens (tertiary/aromatic N) is 2. The average Bonchev–Trinajstić information content (AvgIpc) is 3.07. The zero-order chi connectivity index (χ0) is 13.5. The van der Waals surface area contributed by atoms with Gasteiger partial charge in [0, 0.05) is 0 Å². The molecule has 1 aliphatic heterocycles. The molecule has 1 unspecified atom stereocenters. The fourth-order valence-corrected chi connectivity index (χ4v) is 4.60. The zero-order valence-electron chi connectivity index (χ0n) is 10.6. The van der Waals surface area contributed by atoms with Crippen molar-refractivity contribution in [2.45, 2.75) is 18.9 Å². The number of fused-ring (bicyclic) bond motifs is 2. The van der Waals surface area contributed by atoms with Gasteiger partial charge in [0.05, 0.1) is 0 Å². The van der Waals surface area contributed by atoms with E-state index in [0.717, 1.165) is 29.9 Å². The van der Waals surface area contributed by atoms with E-state index in [0.29, 0.717) is 6.04 Å². The Bertz CT molecular complexity index is 766. The van der Waals surface area contributed by atoms with E-state index < -0.39 is 0 Å². The predicted molar refractivity (Wildman–Crippen MR) is 85.2 cm³/mol. The topological polar surface area (TPSA) is 36.8 Å². The standard InChI is InChI=1S/C15H12BrN3Se/c16-11-4-1-3-10-9(11)7-8-12(10)17-13-5-2-6-14-15(13)19-20-18-14/h1-6,12,17H,7-8H2. The predicted octanol–water partition coefficient (Wildman–Crippen LogP) is 4.90. The number of hydrogen-bond donors (Lipinski definition) is 1. The molecule has 1 N–H and O–H groups in total. The van der Waals surface area contributed by atoms with Crippen molar-refractivity contribution in [3.8, 4) is 0 Å². The second-order valence-electron chi connectivity index (χ2n) is 4.98. The summed E-state index contributed by atoms with van der Waals surface area (Å²) in [6, 6.07) is 13.0. The first-order valence-electron chi connectivity index (χ1n) is 6.58. The Hall–Kier alpha value is -1.16. The number of benzene rings is 2. The summed E-state index contributed by atoms with van der Waals surface area (Å²) in [5, 5.41) is 3.66. The normalized spacial score (nSPS) is 18.6. The van der Waals surface area contributed by atoms with Crippen LogP contribution < -0.4 is 5.32 Å². The molecule has 4 rings (SSSR count). The Morgan fingerprint density at radius 2 is 2.05 bits per heavy atom. The van der Waals surface area contributed by atoms with Gasteiger partial charge in [-0.1, -0.05) is 0 Å². The third-order valence-electron chi connectivity index (χ3n) is 3.83. The van der Waals surface area contributed by atoms with Crippen LogP contribution in [0, 0.1) is 0 Å². The summed E-state index contributed by atoms with van der Waals surface area (Å²) in [7, 11) is 0. The molecule has 0 radical (unpaired) electrons. The van der Waals surface area contributed by atoms with Crippen LogP contribution in [0.5, 0.6) is 0 Å². The molecule has 3 nitrogen and oxygen atoms in total. The van der Waals surface area contributed by atoms with Crippen LogP contribution in [0.1, 0.15) is 23.6 Å². The van der Waals surface area contributed by atoms with Gasteiger partial charge in [0.15, 0.2) is 0 Å². The third-order valence-corrected chi connectivity index (χ3v) is 5.71. The number of hydrogen-bond acceptors (Lipinski definition) is 3. The van der Waals surface area contributed by atoms with Crippen LogP contribution in [-0.2, 0) is 6.42 Å². The van der Waals surface area contributed by atoms with Crippen molar-refractivity contribution >= 4 is 47.6 Å². The first-order chi connectivity index (χ1) is 9.83. The fraction of sp³-hybridized carbons (Fsp3) is 0.200. The van der Waals surface area contributed by atoms with Crippen LogP contribution in [0.3, 0.4) is 0 Å². The van der Waals surface area contributed by atoms with Crippen LogP contribution in [0.4, 0.5) is 17.1 Å². The molecule has 0 amide bonds. The van der Waals surface area contributed by atoms with E-state index in [2.05, 4.69) is 59.5 Å². The van der Waals surface area contributed by atoms with Crippen molar-refractivity contribution < 1.29 is 0 Å². The number of nitrogens with one attached hydrogen (secondary N) is 1. The van der Waals surface area contributed by atoms with E-state index >= 15 is 0 Å². The molecule has 1 heterocycles. The Morgan fingerprint density at radius 3 is 3.00 bits per heavy atom. The second kappa shape index (κ2) is 4.99. The monoisotopic (exact) mass is 393 g/mol. The summed E-state index contributed by atoms with van der Waals surface area (Å²) in [5.74, 6) is 0. The van der Waals surface area contributed by atoms with Gasteiger partial charge in [0.1, 0.15) is 0 Å². The van der Waals surface area contributed by atoms with Crippen molar-refractivity contribution in [2.75, 3.05) is 5.32 Å². The maximum atomic E-state index is 4.54. The van der Waals surface area contributed by atoms with Crippen molar-refractivity contribution in [3.63, 3.8) is 0 Å². The minimum atomic E-state index is 0.0245. The number of anilines is 1. The average molecular weight is 393 g/mol. The maximum absolute atomic E-state index is 4.54. The molecule has 2 aliphatic rings. The van der Waals surface area contributed by atoms with Crippen LogP contribution in [0.25, 0.3) is 0 Å². The van der Waals surface area contributed by atoms with Gasteiger partial charge >= 0.3 is 132 Å². The first kappa shape index (κ1) is 12.6. The zero-order valence-corrected chi connectivity index (χ0v) is 13.9. The summed E-state index contributed by atoms with van der Waals surface area (Å²) in [6.45, 7) is 0. The molecule has 0 saturated carbocycles. The van der Waals surface area contributed by atoms with Gasteiger partial charge in [-0.3, -0.25) is 0 Å². The molecule has 0 saturated heterocycles. The van der Waals surface area contributed by atoms with Gasteiger partial charge in [0.25, 0.3) is 0 Å². The van der Waals surface area contributed by atoms with E-state index in [-0.39, 0.29) is 14.6 Å². The summed E-state index contributed by atoms with van der Waals surface area (Å²) in [5.41, 5.74) is 6.02. The summed E-state index contributed by atoms with van der Waals surface area (Å²) < 4.78 is 10.2. The molecule has 0 aromatic heterocycles. The molecule has 20 heavy (non-hydrogen) atoms. The van der Waals surface area contributed by atoms with Crippen molar-refractivity contribution in [3.05, 3.63) is 52.0 Å². The van der Waals surface area contributed by atoms with E-state index in [1.54, 1.807) is 0 Å². The molecular formula is C15H12BrN3Se. The summed E-state index contributed by atoms with van der Waals surface area (Å²) >= 11 is 3.68. The van der Waals surface area contributed by atoms with Crippen molar-refractivity contribution in [2.24, 2.45) is 7.92 Å². The molecule has 2 aromatic carbocycles. The Morgan fingerprint density at radius 1 is 1.15 bits per heavy atom. The molecule has 5 heteroatoms. The number of rotatable bonds is 2. The van der Waals surface area contributed by atoms with E-state index in [1.807, 2.05) is 6.07 Å². The SMILES string of the molecule is Brc1cccc2c1CCC2Nc1cccc2c1N=[Se]=N2. The Balaban J connectivity index is 1.69.